The first-order valence-electron chi connectivity index (χ1n) is 4.90. The Morgan fingerprint density at radius 1 is 1.29 bits per heavy atom. The molecular weight excluding hydrogens is 174 g/mol. The molecule has 1 aromatic rings. The third-order valence-corrected chi connectivity index (χ3v) is 2.38. The summed E-state index contributed by atoms with van der Waals surface area (Å²) in [7, 11) is 1.95. The Bertz CT molecular complexity index is 318. The number of likely N-dealkylation sites (N-methyl/N-ethyl adjacent to an activating group) is 1. The van der Waals surface area contributed by atoms with Crippen molar-refractivity contribution in [2.75, 3.05) is 20.2 Å². The number of hydrogen-bond acceptors (Lipinski definition) is 2. The molecule has 0 spiro atoms. The summed E-state index contributed by atoms with van der Waals surface area (Å²) in [5.41, 5.74) is 2.72. The summed E-state index contributed by atoms with van der Waals surface area (Å²) in [6.45, 7) is 1.62. The summed E-state index contributed by atoms with van der Waals surface area (Å²) >= 11 is 0. The smallest absolute Gasteiger partial charge is 0.0899 e. The maximum atomic E-state index is 5.43. The molecular formula is C12H15NO. The van der Waals surface area contributed by atoms with Crippen molar-refractivity contribution in [1.82, 2.24) is 5.06 Å². The minimum atomic E-state index is 0.728. The second-order valence-corrected chi connectivity index (χ2v) is 3.61. The summed E-state index contributed by atoms with van der Waals surface area (Å²) < 4.78 is 0. The van der Waals surface area contributed by atoms with Crippen LogP contribution >= 0.6 is 0 Å². The van der Waals surface area contributed by atoms with Gasteiger partial charge in [0.25, 0.3) is 0 Å². The van der Waals surface area contributed by atoms with E-state index >= 15 is 0 Å². The zero-order valence-electron chi connectivity index (χ0n) is 8.44. The van der Waals surface area contributed by atoms with Crippen LogP contribution in [-0.4, -0.2) is 25.3 Å². The van der Waals surface area contributed by atoms with Gasteiger partial charge in [-0.1, -0.05) is 36.4 Å². The van der Waals surface area contributed by atoms with Gasteiger partial charge in [0.05, 0.1) is 6.61 Å². The van der Waals surface area contributed by atoms with E-state index in [9.17, 15) is 0 Å². The Kier molecular flexibility index (Phi) is 2.96. The molecule has 1 aliphatic heterocycles. The Labute approximate surface area is 84.8 Å². The van der Waals surface area contributed by atoms with Crippen molar-refractivity contribution in [3.05, 3.63) is 47.5 Å². The number of nitrogens with zero attached hydrogens (tertiary/aromatic N) is 1. The summed E-state index contributed by atoms with van der Waals surface area (Å²) in [6.07, 6.45) is 3.26. The zero-order chi connectivity index (χ0) is 9.80. The summed E-state index contributed by atoms with van der Waals surface area (Å²) in [5, 5.41) is 1.86. The van der Waals surface area contributed by atoms with Gasteiger partial charge in [-0.25, -0.2) is 0 Å². The van der Waals surface area contributed by atoms with Crippen LogP contribution in [0.1, 0.15) is 5.56 Å². The third-order valence-electron chi connectivity index (χ3n) is 2.38. The van der Waals surface area contributed by atoms with Crippen molar-refractivity contribution in [1.29, 1.82) is 0 Å². The molecule has 0 aromatic heterocycles. The topological polar surface area (TPSA) is 12.5 Å². The van der Waals surface area contributed by atoms with Crippen molar-refractivity contribution in [3.63, 3.8) is 0 Å². The summed E-state index contributed by atoms with van der Waals surface area (Å²) in [6, 6.07) is 10.5. The van der Waals surface area contributed by atoms with Crippen LogP contribution in [-0.2, 0) is 11.3 Å². The van der Waals surface area contributed by atoms with Gasteiger partial charge < -0.3 is 0 Å². The quantitative estimate of drug-likeness (QED) is 0.660. The lowest BCUT2D eigenvalue weighted by Crippen LogP contribution is -2.25. The van der Waals surface area contributed by atoms with Crippen LogP contribution < -0.4 is 0 Å². The standard InChI is InChI=1S/C12H15NO/c1-13-8-7-12(10-14-13)9-11-5-3-2-4-6-11/h2-7H,8-10H2,1H3. The van der Waals surface area contributed by atoms with Gasteiger partial charge in [0.1, 0.15) is 0 Å². The van der Waals surface area contributed by atoms with Gasteiger partial charge in [0.2, 0.25) is 0 Å². The lowest BCUT2D eigenvalue weighted by Gasteiger charge is -2.21. The van der Waals surface area contributed by atoms with Gasteiger partial charge in [0.15, 0.2) is 0 Å². The molecule has 0 fully saturated rings. The van der Waals surface area contributed by atoms with Crippen molar-refractivity contribution >= 4 is 0 Å². The molecule has 0 bridgehead atoms. The van der Waals surface area contributed by atoms with Crippen molar-refractivity contribution < 1.29 is 4.84 Å². The fourth-order valence-electron chi connectivity index (χ4n) is 1.54. The third kappa shape index (κ3) is 2.44. The van der Waals surface area contributed by atoms with E-state index in [0.29, 0.717) is 0 Å². The van der Waals surface area contributed by atoms with Gasteiger partial charge in [-0.3, -0.25) is 4.84 Å². The molecule has 0 saturated carbocycles. The maximum Gasteiger partial charge on any atom is 0.0899 e. The Morgan fingerprint density at radius 2 is 2.07 bits per heavy atom. The first kappa shape index (κ1) is 9.44. The molecule has 0 N–H and O–H groups in total. The Morgan fingerprint density at radius 3 is 2.71 bits per heavy atom. The zero-order valence-corrected chi connectivity index (χ0v) is 8.44. The molecule has 14 heavy (non-hydrogen) atoms. The van der Waals surface area contributed by atoms with E-state index in [0.717, 1.165) is 19.6 Å². The molecule has 1 aromatic carbocycles. The largest absolute Gasteiger partial charge is 0.295 e. The number of rotatable bonds is 2. The van der Waals surface area contributed by atoms with Gasteiger partial charge in [-0.05, 0) is 17.6 Å². The normalized spacial score (nSPS) is 17.9. The summed E-state index contributed by atoms with van der Waals surface area (Å²) in [4.78, 5) is 5.43. The summed E-state index contributed by atoms with van der Waals surface area (Å²) in [5.74, 6) is 0. The van der Waals surface area contributed by atoms with Crippen LogP contribution in [0.4, 0.5) is 0 Å². The van der Waals surface area contributed by atoms with Crippen molar-refractivity contribution in [2.24, 2.45) is 0 Å². The number of hydroxylamine groups is 2. The fourth-order valence-corrected chi connectivity index (χ4v) is 1.54. The molecule has 74 valence electrons. The first-order valence-corrected chi connectivity index (χ1v) is 4.90. The predicted molar refractivity (Wildman–Crippen MR) is 56.8 cm³/mol. The Hall–Kier alpha value is -1.12. The lowest BCUT2D eigenvalue weighted by atomic mass is 10.1. The molecule has 2 heteroatoms. The predicted octanol–water partition coefficient (Wildman–Crippen LogP) is 2.03. The fraction of sp³-hybridized carbons (Fsp3) is 0.333. The Balaban J connectivity index is 1.99. The van der Waals surface area contributed by atoms with Crippen molar-refractivity contribution in [3.8, 4) is 0 Å². The number of benzene rings is 1. The highest BCUT2D eigenvalue weighted by atomic mass is 16.7. The van der Waals surface area contributed by atoms with Gasteiger partial charge in [0, 0.05) is 13.6 Å². The van der Waals surface area contributed by atoms with Crippen molar-refractivity contribution in [2.45, 2.75) is 6.42 Å². The average Bonchev–Trinajstić information content (AvgIpc) is 2.23. The SMILES string of the molecule is CN1CC=C(Cc2ccccc2)CO1. The lowest BCUT2D eigenvalue weighted by molar-refractivity contribution is -0.129. The molecule has 2 nitrogen and oxygen atoms in total. The van der Waals surface area contributed by atoms with E-state index in [4.69, 9.17) is 4.84 Å². The minimum Gasteiger partial charge on any atom is -0.295 e. The molecule has 2 rings (SSSR count). The molecule has 1 heterocycles. The second-order valence-electron chi connectivity index (χ2n) is 3.61. The maximum absolute atomic E-state index is 5.43. The van der Waals surface area contributed by atoms with Gasteiger partial charge in [-0.2, -0.15) is 5.06 Å². The van der Waals surface area contributed by atoms with Crippen LogP contribution in [0.15, 0.2) is 42.0 Å². The van der Waals surface area contributed by atoms with E-state index in [2.05, 4.69) is 30.3 Å². The minimum absolute atomic E-state index is 0.728. The molecule has 0 saturated heterocycles. The highest BCUT2D eigenvalue weighted by molar-refractivity contribution is 5.22. The van der Waals surface area contributed by atoms with Gasteiger partial charge in [-0.15, -0.1) is 0 Å². The van der Waals surface area contributed by atoms with E-state index in [1.54, 1.807) is 0 Å². The van der Waals surface area contributed by atoms with E-state index < -0.39 is 0 Å². The highest BCUT2D eigenvalue weighted by Gasteiger charge is 2.08. The van der Waals surface area contributed by atoms with Gasteiger partial charge >= 0.3 is 0 Å². The highest BCUT2D eigenvalue weighted by Crippen LogP contribution is 2.11. The molecule has 0 radical (unpaired) electrons. The van der Waals surface area contributed by atoms with Crippen LogP contribution in [0, 0.1) is 0 Å². The molecule has 0 amide bonds. The molecule has 0 atom stereocenters. The molecule has 1 aliphatic rings. The van der Waals surface area contributed by atoms with Crippen LogP contribution in [0.2, 0.25) is 0 Å². The van der Waals surface area contributed by atoms with E-state index in [1.165, 1.54) is 11.1 Å². The van der Waals surface area contributed by atoms with Crippen LogP contribution in [0.3, 0.4) is 0 Å². The van der Waals surface area contributed by atoms with E-state index in [1.807, 2.05) is 18.2 Å². The van der Waals surface area contributed by atoms with Crippen LogP contribution in [0.25, 0.3) is 0 Å². The van der Waals surface area contributed by atoms with E-state index in [-0.39, 0.29) is 0 Å². The first-order chi connectivity index (χ1) is 6.84. The second kappa shape index (κ2) is 4.40. The van der Waals surface area contributed by atoms with Crippen LogP contribution in [0.5, 0.6) is 0 Å². The average molecular weight is 189 g/mol. The molecule has 0 aliphatic carbocycles. The number of hydrogen-bond donors (Lipinski definition) is 0. The molecule has 0 unspecified atom stereocenters. The monoisotopic (exact) mass is 189 g/mol.